The van der Waals surface area contributed by atoms with E-state index in [-0.39, 0.29) is 0 Å². The quantitative estimate of drug-likeness (QED) is 0.917. The van der Waals surface area contributed by atoms with E-state index < -0.39 is 0 Å². The molecule has 0 unspecified atom stereocenters. The van der Waals surface area contributed by atoms with E-state index in [2.05, 4.69) is 17.1 Å². The highest BCUT2D eigenvalue weighted by molar-refractivity contribution is 7.22. The molecule has 96 valence electrons. The molecular formula is C13H16ClN3S. The van der Waals surface area contributed by atoms with Crippen molar-refractivity contribution in [3.63, 3.8) is 0 Å². The Balaban J connectivity index is 1.89. The molecule has 0 spiro atoms. The van der Waals surface area contributed by atoms with Gasteiger partial charge in [0.1, 0.15) is 0 Å². The normalized spacial score (nSPS) is 20.6. The molecule has 1 saturated heterocycles. The number of piperazine rings is 1. The van der Waals surface area contributed by atoms with E-state index in [9.17, 15) is 0 Å². The standard InChI is InChI=1S/C13H16ClN3S/c1-2-10-8-17(6-5-15-10)13-16-11-4-3-9(14)7-12(11)18-13/h3-4,7,10,15H,2,5-6,8H2,1H3/t10-/m1/s1. The van der Waals surface area contributed by atoms with E-state index >= 15 is 0 Å². The van der Waals surface area contributed by atoms with Crippen LogP contribution in [0.15, 0.2) is 18.2 Å². The lowest BCUT2D eigenvalue weighted by Gasteiger charge is -2.32. The Morgan fingerprint density at radius 2 is 2.44 bits per heavy atom. The second kappa shape index (κ2) is 5.03. The summed E-state index contributed by atoms with van der Waals surface area (Å²) in [6.45, 7) is 5.34. The van der Waals surface area contributed by atoms with Gasteiger partial charge in [0.25, 0.3) is 0 Å². The Morgan fingerprint density at radius 1 is 1.56 bits per heavy atom. The molecular weight excluding hydrogens is 266 g/mol. The summed E-state index contributed by atoms with van der Waals surface area (Å²) in [5.74, 6) is 0. The van der Waals surface area contributed by atoms with Crippen molar-refractivity contribution < 1.29 is 0 Å². The summed E-state index contributed by atoms with van der Waals surface area (Å²) in [4.78, 5) is 7.08. The van der Waals surface area contributed by atoms with Gasteiger partial charge in [-0.05, 0) is 24.6 Å². The van der Waals surface area contributed by atoms with Gasteiger partial charge in [-0.1, -0.05) is 29.9 Å². The molecule has 0 saturated carbocycles. The Labute approximate surface area is 116 Å². The lowest BCUT2D eigenvalue weighted by Crippen LogP contribution is -2.50. The first-order valence-electron chi connectivity index (χ1n) is 6.30. The molecule has 1 N–H and O–H groups in total. The van der Waals surface area contributed by atoms with E-state index in [4.69, 9.17) is 16.6 Å². The van der Waals surface area contributed by atoms with Crippen molar-refractivity contribution in [3.05, 3.63) is 23.2 Å². The third-order valence-corrected chi connectivity index (χ3v) is 4.67. The van der Waals surface area contributed by atoms with Crippen LogP contribution in [-0.2, 0) is 0 Å². The largest absolute Gasteiger partial charge is 0.345 e. The van der Waals surface area contributed by atoms with Crippen molar-refractivity contribution in [2.24, 2.45) is 0 Å². The van der Waals surface area contributed by atoms with E-state index in [1.54, 1.807) is 11.3 Å². The fourth-order valence-electron chi connectivity index (χ4n) is 2.29. The predicted octanol–water partition coefficient (Wildman–Crippen LogP) is 3.14. The smallest absolute Gasteiger partial charge is 0.186 e. The summed E-state index contributed by atoms with van der Waals surface area (Å²) >= 11 is 7.75. The Morgan fingerprint density at radius 3 is 3.28 bits per heavy atom. The minimum absolute atomic E-state index is 0.578. The first-order chi connectivity index (χ1) is 8.76. The molecule has 1 atom stereocenters. The average Bonchev–Trinajstić information content (AvgIpc) is 2.81. The van der Waals surface area contributed by atoms with E-state index in [0.717, 1.165) is 41.7 Å². The van der Waals surface area contributed by atoms with Crippen LogP contribution >= 0.6 is 22.9 Å². The maximum atomic E-state index is 6.01. The minimum Gasteiger partial charge on any atom is -0.345 e. The number of benzene rings is 1. The molecule has 5 heteroatoms. The monoisotopic (exact) mass is 281 g/mol. The molecule has 1 aliphatic heterocycles. The SMILES string of the molecule is CC[C@@H]1CN(c2nc3ccc(Cl)cc3s2)CCN1. The number of halogens is 1. The predicted molar refractivity (Wildman–Crippen MR) is 78.9 cm³/mol. The molecule has 0 bridgehead atoms. The molecule has 1 aromatic heterocycles. The molecule has 3 rings (SSSR count). The summed E-state index contributed by atoms with van der Waals surface area (Å²) < 4.78 is 1.17. The van der Waals surface area contributed by atoms with Crippen LogP contribution in [0.25, 0.3) is 10.2 Å². The third kappa shape index (κ3) is 2.32. The van der Waals surface area contributed by atoms with Crippen molar-refractivity contribution in [2.45, 2.75) is 19.4 Å². The van der Waals surface area contributed by atoms with Gasteiger partial charge in [0.15, 0.2) is 5.13 Å². The van der Waals surface area contributed by atoms with Crippen molar-refractivity contribution in [2.75, 3.05) is 24.5 Å². The molecule has 2 aromatic rings. The van der Waals surface area contributed by atoms with Crippen molar-refractivity contribution in [1.29, 1.82) is 0 Å². The van der Waals surface area contributed by atoms with E-state index in [0.29, 0.717) is 6.04 Å². The van der Waals surface area contributed by atoms with Gasteiger partial charge in [0, 0.05) is 30.7 Å². The Bertz CT molecular complexity index is 554. The van der Waals surface area contributed by atoms with Gasteiger partial charge in [-0.2, -0.15) is 0 Å². The maximum absolute atomic E-state index is 6.01. The summed E-state index contributed by atoms with van der Waals surface area (Å²) in [5, 5.41) is 5.43. The molecule has 0 amide bonds. The molecule has 18 heavy (non-hydrogen) atoms. The third-order valence-electron chi connectivity index (χ3n) is 3.36. The van der Waals surface area contributed by atoms with Crippen LogP contribution in [0.5, 0.6) is 0 Å². The first kappa shape index (κ1) is 12.2. The number of rotatable bonds is 2. The zero-order chi connectivity index (χ0) is 12.5. The summed E-state index contributed by atoms with van der Waals surface area (Å²) in [6, 6.07) is 6.48. The van der Waals surface area contributed by atoms with Crippen molar-refractivity contribution >= 4 is 38.3 Å². The van der Waals surface area contributed by atoms with E-state index in [1.807, 2.05) is 18.2 Å². The number of nitrogens with zero attached hydrogens (tertiary/aromatic N) is 2. The van der Waals surface area contributed by atoms with Crippen molar-refractivity contribution in [3.8, 4) is 0 Å². The van der Waals surface area contributed by atoms with Gasteiger partial charge in [0.05, 0.1) is 10.2 Å². The van der Waals surface area contributed by atoms with Gasteiger partial charge in [0.2, 0.25) is 0 Å². The zero-order valence-electron chi connectivity index (χ0n) is 10.3. The summed E-state index contributed by atoms with van der Waals surface area (Å²) in [7, 11) is 0. The second-order valence-electron chi connectivity index (χ2n) is 4.61. The van der Waals surface area contributed by atoms with Crippen LogP contribution in [0.2, 0.25) is 5.02 Å². The lowest BCUT2D eigenvalue weighted by molar-refractivity contribution is 0.447. The number of thiazole rings is 1. The number of hydrogen-bond donors (Lipinski definition) is 1. The zero-order valence-corrected chi connectivity index (χ0v) is 11.9. The molecule has 2 heterocycles. The van der Waals surface area contributed by atoms with Crippen LogP contribution < -0.4 is 10.2 Å². The number of aromatic nitrogens is 1. The van der Waals surface area contributed by atoms with E-state index in [1.165, 1.54) is 4.70 Å². The summed E-state index contributed by atoms with van der Waals surface area (Å²) in [5.41, 5.74) is 1.05. The maximum Gasteiger partial charge on any atom is 0.186 e. The lowest BCUT2D eigenvalue weighted by atomic mass is 10.2. The topological polar surface area (TPSA) is 28.2 Å². The second-order valence-corrected chi connectivity index (χ2v) is 6.06. The number of fused-ring (bicyclic) bond motifs is 1. The van der Waals surface area contributed by atoms with Gasteiger partial charge >= 0.3 is 0 Å². The highest BCUT2D eigenvalue weighted by Crippen LogP contribution is 2.31. The fourth-order valence-corrected chi connectivity index (χ4v) is 3.57. The van der Waals surface area contributed by atoms with Gasteiger partial charge in [-0.25, -0.2) is 4.98 Å². The van der Waals surface area contributed by atoms with Crippen LogP contribution in [0.4, 0.5) is 5.13 Å². The minimum atomic E-state index is 0.578. The highest BCUT2D eigenvalue weighted by atomic mass is 35.5. The summed E-state index contributed by atoms with van der Waals surface area (Å²) in [6.07, 6.45) is 1.16. The molecule has 1 fully saturated rings. The van der Waals surface area contributed by atoms with Gasteiger partial charge < -0.3 is 10.2 Å². The fraction of sp³-hybridized carbons (Fsp3) is 0.462. The number of hydrogen-bond acceptors (Lipinski definition) is 4. The number of anilines is 1. The average molecular weight is 282 g/mol. The van der Waals surface area contributed by atoms with Crippen LogP contribution in [-0.4, -0.2) is 30.7 Å². The molecule has 1 aromatic carbocycles. The Hall–Kier alpha value is -0.840. The van der Waals surface area contributed by atoms with Crippen molar-refractivity contribution in [1.82, 2.24) is 10.3 Å². The molecule has 0 radical (unpaired) electrons. The van der Waals surface area contributed by atoms with Crippen LogP contribution in [0.1, 0.15) is 13.3 Å². The van der Waals surface area contributed by atoms with Crippen LogP contribution in [0.3, 0.4) is 0 Å². The first-order valence-corrected chi connectivity index (χ1v) is 7.50. The number of nitrogens with one attached hydrogen (secondary N) is 1. The molecule has 3 nitrogen and oxygen atoms in total. The van der Waals surface area contributed by atoms with Crippen LogP contribution in [0, 0.1) is 0 Å². The van der Waals surface area contributed by atoms with Gasteiger partial charge in [-0.3, -0.25) is 0 Å². The Kier molecular flexibility index (Phi) is 3.41. The molecule has 1 aliphatic rings. The highest BCUT2D eigenvalue weighted by Gasteiger charge is 2.20. The van der Waals surface area contributed by atoms with Gasteiger partial charge in [-0.15, -0.1) is 0 Å². The molecule has 0 aliphatic carbocycles.